The van der Waals surface area contributed by atoms with Crippen molar-refractivity contribution < 1.29 is 34.3 Å². The second-order valence-corrected chi connectivity index (χ2v) is 6.11. The molecule has 28 heavy (non-hydrogen) atoms. The number of hydrogen-bond acceptors (Lipinski definition) is 5. The number of carbonyl (C=O) groups is 3. The number of nitrogens with zero attached hydrogens (tertiary/aromatic N) is 1. The lowest BCUT2D eigenvalue weighted by atomic mass is 9.93. The fourth-order valence-corrected chi connectivity index (χ4v) is 2.96. The fraction of sp³-hybridized carbons (Fsp3) is 0.0952. The number of amides is 2. The molecule has 7 heteroatoms. The van der Waals surface area contributed by atoms with E-state index in [0.717, 1.165) is 0 Å². The molecule has 1 aliphatic carbocycles. The molecule has 0 spiro atoms. The van der Waals surface area contributed by atoms with Gasteiger partial charge in [-0.25, -0.2) is 9.59 Å². The third-order valence-electron chi connectivity index (χ3n) is 4.31. The van der Waals surface area contributed by atoms with Crippen molar-refractivity contribution >= 4 is 30.1 Å². The second kappa shape index (κ2) is 7.99. The Labute approximate surface area is 160 Å². The summed E-state index contributed by atoms with van der Waals surface area (Å²) in [7, 11) is 0. The summed E-state index contributed by atoms with van der Waals surface area (Å²) in [6, 6.07) is 17.0. The van der Waals surface area contributed by atoms with Crippen molar-refractivity contribution in [2.75, 3.05) is 0 Å². The van der Waals surface area contributed by atoms with E-state index in [2.05, 4.69) is 77.7 Å². The van der Waals surface area contributed by atoms with Gasteiger partial charge in [0.15, 0.2) is 0 Å². The van der Waals surface area contributed by atoms with Gasteiger partial charge in [-0.15, -0.1) is 0 Å². The molecule has 0 bridgehead atoms. The van der Waals surface area contributed by atoms with Crippen LogP contribution in [0.3, 0.4) is 0 Å². The van der Waals surface area contributed by atoms with Crippen LogP contribution in [0, 0.1) is 0 Å². The number of fused-ring (bicyclic) bond motifs is 3. The Bertz CT molecular complexity index is 922. The second-order valence-electron chi connectivity index (χ2n) is 6.11. The number of allylic oxidation sites excluding steroid dienone is 2. The van der Waals surface area contributed by atoms with Gasteiger partial charge in [-0.05, 0) is 22.3 Å². The van der Waals surface area contributed by atoms with Crippen molar-refractivity contribution in [3.63, 3.8) is 0 Å². The molecule has 1 aliphatic heterocycles. The van der Waals surface area contributed by atoms with Crippen LogP contribution in [0.1, 0.15) is 24.0 Å². The largest absolute Gasteiger partial charge is 0.561 e. The SMILES string of the molecule is C1=Cc2ccccc2-c2ccccc2C=C1.O=C(O)O[N+]1(O)C(=O)CCC1=O. The molecule has 0 atom stereocenters. The van der Waals surface area contributed by atoms with E-state index >= 15 is 0 Å². The zero-order valence-corrected chi connectivity index (χ0v) is 14.8. The lowest BCUT2D eigenvalue weighted by molar-refractivity contribution is -1.12. The molecule has 0 aromatic heterocycles. The lowest BCUT2D eigenvalue weighted by Crippen LogP contribution is -2.50. The van der Waals surface area contributed by atoms with Crippen molar-refractivity contribution in [1.29, 1.82) is 0 Å². The van der Waals surface area contributed by atoms with Gasteiger partial charge < -0.3 is 5.11 Å². The molecule has 2 aromatic carbocycles. The minimum atomic E-state index is -2.07. The van der Waals surface area contributed by atoms with Crippen LogP contribution in [-0.2, 0) is 14.4 Å². The van der Waals surface area contributed by atoms with Crippen molar-refractivity contribution in [1.82, 2.24) is 0 Å². The summed E-state index contributed by atoms with van der Waals surface area (Å²) in [6.07, 6.45) is 6.21. The van der Waals surface area contributed by atoms with Gasteiger partial charge in [0.25, 0.3) is 0 Å². The summed E-state index contributed by atoms with van der Waals surface area (Å²) in [5.41, 5.74) is 5.16. The van der Waals surface area contributed by atoms with E-state index in [1.54, 1.807) is 0 Å². The maximum Gasteiger partial charge on any atom is 0.561 e. The van der Waals surface area contributed by atoms with Gasteiger partial charge in [-0.2, -0.15) is 14.8 Å². The van der Waals surface area contributed by atoms with Crippen LogP contribution in [0.4, 0.5) is 4.79 Å². The number of hydrogen-bond donors (Lipinski definition) is 2. The third kappa shape index (κ3) is 3.90. The van der Waals surface area contributed by atoms with Gasteiger partial charge >= 0.3 is 18.0 Å². The van der Waals surface area contributed by atoms with Gasteiger partial charge in [0.1, 0.15) is 4.81 Å². The van der Waals surface area contributed by atoms with Crippen LogP contribution in [0.15, 0.2) is 60.7 Å². The average molecular weight is 380 g/mol. The lowest BCUT2D eigenvalue weighted by Gasteiger charge is -2.12. The first-order valence-corrected chi connectivity index (χ1v) is 8.56. The van der Waals surface area contributed by atoms with Crippen molar-refractivity contribution in [2.45, 2.75) is 12.8 Å². The number of hydroxylamine groups is 4. The van der Waals surface area contributed by atoms with E-state index in [0.29, 0.717) is 0 Å². The van der Waals surface area contributed by atoms with Crippen LogP contribution >= 0.6 is 0 Å². The average Bonchev–Trinajstić information content (AvgIpc) is 2.91. The van der Waals surface area contributed by atoms with E-state index in [4.69, 9.17) is 10.3 Å². The van der Waals surface area contributed by atoms with Gasteiger partial charge in [-0.1, -0.05) is 72.8 Å². The molecule has 1 heterocycles. The minimum Gasteiger partial charge on any atom is -0.446 e. The summed E-state index contributed by atoms with van der Waals surface area (Å²) in [5, 5.41) is 17.1. The zero-order valence-electron chi connectivity index (χ0n) is 14.8. The van der Waals surface area contributed by atoms with Crippen molar-refractivity contribution in [3.05, 3.63) is 71.8 Å². The highest BCUT2D eigenvalue weighted by molar-refractivity contribution is 5.90. The Balaban J connectivity index is 0.000000169. The maximum absolute atomic E-state index is 10.8. The van der Waals surface area contributed by atoms with Gasteiger partial charge in [-0.3, -0.25) is 0 Å². The van der Waals surface area contributed by atoms with E-state index in [1.807, 2.05) is 0 Å². The van der Waals surface area contributed by atoms with Crippen LogP contribution in [0.25, 0.3) is 23.3 Å². The fourth-order valence-electron chi connectivity index (χ4n) is 2.96. The van der Waals surface area contributed by atoms with Gasteiger partial charge in [0.2, 0.25) is 0 Å². The molecular weight excluding hydrogens is 362 g/mol. The molecule has 0 unspecified atom stereocenters. The van der Waals surface area contributed by atoms with E-state index in [1.165, 1.54) is 22.3 Å². The summed E-state index contributed by atoms with van der Waals surface area (Å²) >= 11 is 0. The Kier molecular flexibility index (Phi) is 5.49. The molecule has 1 fully saturated rings. The Morgan fingerprint density at radius 3 is 1.68 bits per heavy atom. The number of imide groups is 1. The highest BCUT2D eigenvalue weighted by Gasteiger charge is 2.55. The predicted molar refractivity (Wildman–Crippen MR) is 100 cm³/mol. The summed E-state index contributed by atoms with van der Waals surface area (Å²) < 4.78 is 0. The Hall–Kier alpha value is -3.55. The number of benzene rings is 2. The molecule has 7 nitrogen and oxygen atoms in total. The maximum atomic E-state index is 10.8. The van der Waals surface area contributed by atoms with Crippen LogP contribution in [-0.4, -0.2) is 33.1 Å². The van der Waals surface area contributed by atoms with Crippen LogP contribution < -0.4 is 0 Å². The monoisotopic (exact) mass is 380 g/mol. The minimum absolute atomic E-state index is 0.206. The third-order valence-corrected chi connectivity index (χ3v) is 4.31. The smallest absolute Gasteiger partial charge is 0.446 e. The Morgan fingerprint density at radius 1 is 0.821 bits per heavy atom. The van der Waals surface area contributed by atoms with E-state index in [9.17, 15) is 14.4 Å². The zero-order chi connectivity index (χ0) is 20.1. The molecule has 0 radical (unpaired) electrons. The number of carbonyl (C=O) groups excluding carboxylic acids is 2. The summed E-state index contributed by atoms with van der Waals surface area (Å²) in [4.78, 5) is 33.1. The first kappa shape index (κ1) is 19.2. The van der Waals surface area contributed by atoms with E-state index < -0.39 is 22.8 Å². The Morgan fingerprint density at radius 2 is 1.25 bits per heavy atom. The first-order valence-electron chi connectivity index (χ1n) is 8.56. The molecule has 1 saturated heterocycles. The first-order chi connectivity index (χ1) is 13.4. The summed E-state index contributed by atoms with van der Waals surface area (Å²) in [6.45, 7) is 0. The van der Waals surface area contributed by atoms with Crippen molar-refractivity contribution in [3.8, 4) is 11.1 Å². The molecule has 2 N–H and O–H groups in total. The van der Waals surface area contributed by atoms with E-state index in [-0.39, 0.29) is 12.8 Å². The molecule has 0 saturated carbocycles. The number of carboxylic acid groups (broad SMARTS) is 1. The predicted octanol–water partition coefficient (Wildman–Crippen LogP) is 4.04. The van der Waals surface area contributed by atoms with Crippen LogP contribution in [0.5, 0.6) is 0 Å². The molecule has 142 valence electrons. The van der Waals surface area contributed by atoms with Crippen molar-refractivity contribution in [2.24, 2.45) is 0 Å². The van der Waals surface area contributed by atoms with Crippen LogP contribution in [0.2, 0.25) is 0 Å². The topological polar surface area (TPSA) is 101 Å². The molecular formula is C21H18NO6+. The molecule has 4 rings (SSSR count). The number of rotatable bonds is 1. The highest BCUT2D eigenvalue weighted by Crippen LogP contribution is 2.30. The highest BCUT2D eigenvalue weighted by atomic mass is 17.0. The van der Waals surface area contributed by atoms with Gasteiger partial charge in [0.05, 0.1) is 12.8 Å². The number of quaternary nitrogens is 1. The molecule has 2 aliphatic rings. The summed E-state index contributed by atoms with van der Waals surface area (Å²) in [5.74, 6) is -1.94. The van der Waals surface area contributed by atoms with Gasteiger partial charge in [0, 0.05) is 0 Å². The standard InChI is InChI=1S/C16H12.C5H5NO6/c1-2-8-14-10-4-6-12-16(14)15-11-5-3-9-13(15)7-1;7-3-1-2-4(8)6(3,11)12-5(9)10/h1-12H;11H,1-2H2/p+1. The molecule has 2 amide bonds. The quantitative estimate of drug-likeness (QED) is 0.440. The normalized spacial score (nSPS) is 16.2. The molecule has 2 aromatic rings.